The van der Waals surface area contributed by atoms with Gasteiger partial charge >= 0.3 is 0 Å². The Morgan fingerprint density at radius 2 is 2.18 bits per heavy atom. The Bertz CT molecular complexity index is 470. The molecular formula is C12H12F2N2O. The highest BCUT2D eigenvalue weighted by atomic mass is 19.1. The van der Waals surface area contributed by atoms with Gasteiger partial charge in [-0.2, -0.15) is 0 Å². The third-order valence-corrected chi connectivity index (χ3v) is 2.06. The first-order valence-electron chi connectivity index (χ1n) is 4.93. The van der Waals surface area contributed by atoms with Crippen LogP contribution in [0.5, 0.6) is 0 Å². The molecule has 0 aliphatic heterocycles. The highest BCUT2D eigenvalue weighted by Crippen LogP contribution is 2.13. The van der Waals surface area contributed by atoms with E-state index in [2.05, 4.69) is 5.32 Å². The molecule has 0 aliphatic rings. The Kier molecular flexibility index (Phi) is 4.51. The number of benzene rings is 1. The van der Waals surface area contributed by atoms with E-state index < -0.39 is 11.6 Å². The molecule has 1 aromatic rings. The molecule has 0 unspecified atom stereocenters. The monoisotopic (exact) mass is 238 g/mol. The van der Waals surface area contributed by atoms with E-state index >= 15 is 0 Å². The lowest BCUT2D eigenvalue weighted by Gasteiger charge is -2.04. The third kappa shape index (κ3) is 4.14. The third-order valence-electron chi connectivity index (χ3n) is 2.06. The van der Waals surface area contributed by atoms with Gasteiger partial charge in [-0.25, -0.2) is 8.78 Å². The summed E-state index contributed by atoms with van der Waals surface area (Å²) in [5.41, 5.74) is 0.692. The van der Waals surface area contributed by atoms with Crippen LogP contribution in [0.3, 0.4) is 0 Å². The Morgan fingerprint density at radius 1 is 1.47 bits per heavy atom. The Morgan fingerprint density at radius 3 is 2.71 bits per heavy atom. The molecule has 1 amide bonds. The summed E-state index contributed by atoms with van der Waals surface area (Å²) in [7, 11) is 0. The average molecular weight is 238 g/mol. The van der Waals surface area contributed by atoms with Crippen LogP contribution in [0.2, 0.25) is 0 Å². The first kappa shape index (κ1) is 13.0. The molecule has 0 fully saturated rings. The van der Waals surface area contributed by atoms with E-state index in [9.17, 15) is 13.6 Å². The van der Waals surface area contributed by atoms with E-state index in [4.69, 9.17) is 5.41 Å². The minimum atomic E-state index is -0.666. The van der Waals surface area contributed by atoms with Gasteiger partial charge in [-0.05, 0) is 17.2 Å². The van der Waals surface area contributed by atoms with Gasteiger partial charge in [0.05, 0.1) is 0 Å². The molecule has 17 heavy (non-hydrogen) atoms. The molecule has 0 aliphatic carbocycles. The van der Waals surface area contributed by atoms with Crippen molar-refractivity contribution >= 4 is 12.1 Å². The van der Waals surface area contributed by atoms with Gasteiger partial charge in [0.25, 0.3) is 0 Å². The molecule has 90 valence electrons. The SMILES string of the molecule is CC(=O)N/C=C(\C=N)Cc1ccc(F)cc1F. The number of nitrogens with one attached hydrogen (secondary N) is 2. The highest BCUT2D eigenvalue weighted by molar-refractivity contribution is 5.79. The molecule has 2 N–H and O–H groups in total. The summed E-state index contributed by atoms with van der Waals surface area (Å²) in [4.78, 5) is 10.7. The first-order chi connectivity index (χ1) is 8.02. The highest BCUT2D eigenvalue weighted by Gasteiger charge is 2.05. The van der Waals surface area contributed by atoms with Crippen molar-refractivity contribution in [2.24, 2.45) is 0 Å². The molecule has 0 heterocycles. The zero-order valence-corrected chi connectivity index (χ0v) is 9.26. The van der Waals surface area contributed by atoms with Gasteiger partial charge in [-0.15, -0.1) is 0 Å². The fourth-order valence-electron chi connectivity index (χ4n) is 1.22. The molecule has 0 radical (unpaired) electrons. The van der Waals surface area contributed by atoms with Crippen LogP contribution in [0.15, 0.2) is 30.0 Å². The zero-order chi connectivity index (χ0) is 12.8. The summed E-state index contributed by atoms with van der Waals surface area (Å²) < 4.78 is 26.0. The number of hydrogen-bond donors (Lipinski definition) is 2. The molecule has 0 bridgehead atoms. The lowest BCUT2D eigenvalue weighted by Crippen LogP contribution is -2.13. The maximum Gasteiger partial charge on any atom is 0.220 e. The molecule has 0 saturated heterocycles. The van der Waals surface area contributed by atoms with E-state index in [-0.39, 0.29) is 17.9 Å². The predicted molar refractivity (Wildman–Crippen MR) is 60.7 cm³/mol. The van der Waals surface area contributed by atoms with E-state index in [1.807, 2.05) is 0 Å². The Hall–Kier alpha value is -2.04. The largest absolute Gasteiger partial charge is 0.333 e. The standard InChI is InChI=1S/C12H12F2N2O/c1-8(17)16-7-9(6-15)4-10-2-3-11(13)5-12(10)14/h2-3,5-7,15H,4H2,1H3,(H,16,17)/b9-7-,15-6?. The molecule has 1 aromatic carbocycles. The second kappa shape index (κ2) is 5.89. The Labute approximate surface area is 97.7 Å². The van der Waals surface area contributed by atoms with Crippen molar-refractivity contribution < 1.29 is 13.6 Å². The Balaban J connectivity index is 2.84. The molecule has 0 spiro atoms. The molecule has 1 rings (SSSR count). The summed E-state index contributed by atoms with van der Waals surface area (Å²) in [5, 5.41) is 9.52. The van der Waals surface area contributed by atoms with Crippen molar-refractivity contribution in [3.8, 4) is 0 Å². The summed E-state index contributed by atoms with van der Waals surface area (Å²) >= 11 is 0. The van der Waals surface area contributed by atoms with Crippen molar-refractivity contribution in [1.29, 1.82) is 5.41 Å². The van der Waals surface area contributed by atoms with Crippen molar-refractivity contribution in [2.45, 2.75) is 13.3 Å². The number of hydrogen-bond acceptors (Lipinski definition) is 2. The van der Waals surface area contributed by atoms with Crippen LogP contribution in [0.25, 0.3) is 0 Å². The van der Waals surface area contributed by atoms with Gasteiger partial charge in [0.2, 0.25) is 5.91 Å². The molecular weight excluding hydrogens is 226 g/mol. The molecule has 5 heteroatoms. The van der Waals surface area contributed by atoms with Crippen LogP contribution < -0.4 is 5.32 Å². The van der Waals surface area contributed by atoms with Crippen molar-refractivity contribution in [1.82, 2.24) is 5.32 Å². The van der Waals surface area contributed by atoms with Gasteiger partial charge < -0.3 is 10.7 Å². The maximum absolute atomic E-state index is 13.3. The first-order valence-corrected chi connectivity index (χ1v) is 4.93. The number of rotatable bonds is 4. The minimum absolute atomic E-state index is 0.121. The lowest BCUT2D eigenvalue weighted by atomic mass is 10.1. The quantitative estimate of drug-likeness (QED) is 0.776. The molecule has 0 saturated carbocycles. The van der Waals surface area contributed by atoms with Gasteiger partial charge in [0.15, 0.2) is 0 Å². The number of carbonyl (C=O) groups is 1. The number of allylic oxidation sites excluding steroid dienone is 1. The van der Waals surface area contributed by atoms with Crippen molar-refractivity contribution in [3.05, 3.63) is 47.2 Å². The summed E-state index contributed by atoms with van der Waals surface area (Å²) in [6.07, 6.45) is 2.47. The van der Waals surface area contributed by atoms with Crippen LogP contribution in [0.1, 0.15) is 12.5 Å². The molecule has 0 atom stereocenters. The van der Waals surface area contributed by atoms with Crippen LogP contribution >= 0.6 is 0 Å². The number of halogens is 2. The van der Waals surface area contributed by atoms with E-state index in [0.29, 0.717) is 5.57 Å². The van der Waals surface area contributed by atoms with E-state index in [0.717, 1.165) is 18.3 Å². The average Bonchev–Trinajstić information content (AvgIpc) is 2.26. The van der Waals surface area contributed by atoms with E-state index in [1.165, 1.54) is 19.2 Å². The predicted octanol–water partition coefficient (Wildman–Crippen LogP) is 2.18. The summed E-state index contributed by atoms with van der Waals surface area (Å²) in [5.74, 6) is -1.59. The number of amides is 1. The van der Waals surface area contributed by atoms with Crippen LogP contribution in [0.4, 0.5) is 8.78 Å². The zero-order valence-electron chi connectivity index (χ0n) is 9.26. The van der Waals surface area contributed by atoms with Crippen LogP contribution in [-0.4, -0.2) is 12.1 Å². The smallest absolute Gasteiger partial charge is 0.220 e. The molecule has 0 aromatic heterocycles. The second-order valence-electron chi connectivity index (χ2n) is 3.48. The fraction of sp³-hybridized carbons (Fsp3) is 0.167. The maximum atomic E-state index is 13.3. The van der Waals surface area contributed by atoms with Crippen molar-refractivity contribution in [3.63, 3.8) is 0 Å². The normalized spacial score (nSPS) is 11.1. The van der Waals surface area contributed by atoms with Crippen molar-refractivity contribution in [2.75, 3.05) is 0 Å². The van der Waals surface area contributed by atoms with Crippen LogP contribution in [0, 0.1) is 17.0 Å². The van der Waals surface area contributed by atoms with Gasteiger partial charge in [-0.1, -0.05) is 6.07 Å². The molecule has 3 nitrogen and oxygen atoms in total. The number of carbonyl (C=O) groups excluding carboxylic acids is 1. The van der Waals surface area contributed by atoms with Gasteiger partial charge in [0, 0.05) is 31.8 Å². The summed E-state index contributed by atoms with van der Waals surface area (Å²) in [6, 6.07) is 3.25. The second-order valence-corrected chi connectivity index (χ2v) is 3.48. The lowest BCUT2D eigenvalue weighted by molar-refractivity contribution is -0.118. The summed E-state index contributed by atoms with van der Waals surface area (Å²) in [6.45, 7) is 1.33. The minimum Gasteiger partial charge on any atom is -0.333 e. The topological polar surface area (TPSA) is 53.0 Å². The fourth-order valence-corrected chi connectivity index (χ4v) is 1.22. The van der Waals surface area contributed by atoms with Gasteiger partial charge in [0.1, 0.15) is 11.6 Å². The van der Waals surface area contributed by atoms with Gasteiger partial charge in [-0.3, -0.25) is 4.79 Å². The van der Waals surface area contributed by atoms with Crippen LogP contribution in [-0.2, 0) is 11.2 Å². The van der Waals surface area contributed by atoms with E-state index in [1.54, 1.807) is 0 Å².